The molecule has 1 amide bonds. The molecule has 0 N–H and O–H groups in total. The monoisotopic (exact) mass is 383 g/mol. The van der Waals surface area contributed by atoms with E-state index in [9.17, 15) is 4.79 Å². The lowest BCUT2D eigenvalue weighted by Crippen LogP contribution is -2.40. The zero-order valence-corrected chi connectivity index (χ0v) is 16.3. The zero-order valence-electron chi connectivity index (χ0n) is 16.3. The van der Waals surface area contributed by atoms with Crippen molar-refractivity contribution in [2.24, 2.45) is 0 Å². The summed E-state index contributed by atoms with van der Waals surface area (Å²) in [5.74, 6) is 2.34. The van der Waals surface area contributed by atoms with Crippen LogP contribution in [0.15, 0.2) is 30.5 Å². The Morgan fingerprint density at radius 1 is 1.04 bits per heavy atom. The van der Waals surface area contributed by atoms with Gasteiger partial charge in [0, 0.05) is 37.9 Å². The van der Waals surface area contributed by atoms with Crippen molar-refractivity contribution in [3.63, 3.8) is 0 Å². The second kappa shape index (κ2) is 8.06. The maximum atomic E-state index is 12.8. The molecule has 1 aromatic heterocycles. The van der Waals surface area contributed by atoms with Crippen LogP contribution in [0.1, 0.15) is 21.5 Å². The zero-order chi connectivity index (χ0) is 19.5. The Labute approximate surface area is 164 Å². The van der Waals surface area contributed by atoms with Gasteiger partial charge in [0.2, 0.25) is 0 Å². The first kappa shape index (κ1) is 18.6. The molecular formula is C21H25N3O4. The highest BCUT2D eigenvalue weighted by Gasteiger charge is 2.23. The SMILES string of the molecule is COc1cc2c(cc1OC)CN(c1cc(C(=O)N3CCOCC3)ccn1)CC2. The van der Waals surface area contributed by atoms with Crippen LogP contribution in [0.5, 0.6) is 11.5 Å². The summed E-state index contributed by atoms with van der Waals surface area (Å²) in [6.07, 6.45) is 2.60. The minimum Gasteiger partial charge on any atom is -0.493 e. The number of rotatable bonds is 4. The van der Waals surface area contributed by atoms with Crippen LogP contribution >= 0.6 is 0 Å². The number of amides is 1. The summed E-state index contributed by atoms with van der Waals surface area (Å²) in [4.78, 5) is 21.3. The average molecular weight is 383 g/mol. The van der Waals surface area contributed by atoms with Gasteiger partial charge in [-0.1, -0.05) is 0 Å². The molecule has 0 aliphatic carbocycles. The number of hydrogen-bond donors (Lipinski definition) is 0. The van der Waals surface area contributed by atoms with Gasteiger partial charge < -0.3 is 24.0 Å². The molecule has 4 rings (SSSR count). The number of morpholine rings is 1. The number of aromatic nitrogens is 1. The summed E-state index contributed by atoms with van der Waals surface area (Å²) < 4.78 is 16.2. The first-order chi connectivity index (χ1) is 13.7. The van der Waals surface area contributed by atoms with Gasteiger partial charge in [0.25, 0.3) is 5.91 Å². The summed E-state index contributed by atoms with van der Waals surface area (Å²) in [6.45, 7) is 4.02. The fourth-order valence-electron chi connectivity index (χ4n) is 3.75. The number of ether oxygens (including phenoxy) is 3. The Bertz CT molecular complexity index is 865. The maximum absolute atomic E-state index is 12.8. The van der Waals surface area contributed by atoms with E-state index in [4.69, 9.17) is 14.2 Å². The number of pyridine rings is 1. The van der Waals surface area contributed by atoms with E-state index in [1.54, 1.807) is 26.5 Å². The molecule has 7 nitrogen and oxygen atoms in total. The molecule has 1 fully saturated rings. The summed E-state index contributed by atoms with van der Waals surface area (Å²) >= 11 is 0. The van der Waals surface area contributed by atoms with Gasteiger partial charge in [0.1, 0.15) is 5.82 Å². The van der Waals surface area contributed by atoms with E-state index in [0.717, 1.165) is 36.8 Å². The molecule has 0 unspecified atom stereocenters. The molecule has 1 aromatic carbocycles. The van der Waals surface area contributed by atoms with Crippen LogP contribution in [0.3, 0.4) is 0 Å². The Morgan fingerprint density at radius 3 is 2.46 bits per heavy atom. The summed E-state index contributed by atoms with van der Waals surface area (Å²) in [5, 5.41) is 0. The molecule has 3 heterocycles. The quantitative estimate of drug-likeness (QED) is 0.806. The van der Waals surface area contributed by atoms with Crippen LogP contribution in [-0.4, -0.2) is 62.9 Å². The smallest absolute Gasteiger partial charge is 0.254 e. The van der Waals surface area contributed by atoms with Gasteiger partial charge in [0.05, 0.1) is 27.4 Å². The normalized spacial score (nSPS) is 16.5. The molecule has 2 aromatic rings. The number of methoxy groups -OCH3 is 2. The van der Waals surface area contributed by atoms with Gasteiger partial charge in [-0.05, 0) is 41.8 Å². The standard InChI is InChI=1S/C21H25N3O4/c1-26-18-11-15-4-6-24(14-17(15)12-19(18)27-2)20-13-16(3-5-22-20)21(25)23-7-9-28-10-8-23/h3,5,11-13H,4,6-10,14H2,1-2H3. The fourth-order valence-corrected chi connectivity index (χ4v) is 3.75. The Kier molecular flexibility index (Phi) is 5.34. The molecule has 2 aliphatic rings. The lowest BCUT2D eigenvalue weighted by Gasteiger charge is -2.31. The van der Waals surface area contributed by atoms with Crippen molar-refractivity contribution in [1.82, 2.24) is 9.88 Å². The van der Waals surface area contributed by atoms with Gasteiger partial charge in [-0.3, -0.25) is 4.79 Å². The Balaban J connectivity index is 1.55. The number of fused-ring (bicyclic) bond motifs is 1. The molecule has 0 saturated carbocycles. The van der Waals surface area contributed by atoms with Crippen LogP contribution < -0.4 is 14.4 Å². The van der Waals surface area contributed by atoms with Gasteiger partial charge in [-0.25, -0.2) is 4.98 Å². The summed E-state index contributed by atoms with van der Waals surface area (Å²) in [6, 6.07) is 7.76. The Morgan fingerprint density at radius 2 is 1.75 bits per heavy atom. The van der Waals surface area contributed by atoms with Crippen molar-refractivity contribution >= 4 is 11.7 Å². The largest absolute Gasteiger partial charge is 0.493 e. The summed E-state index contributed by atoms with van der Waals surface area (Å²) in [7, 11) is 3.30. The number of benzene rings is 1. The van der Waals surface area contributed by atoms with E-state index in [-0.39, 0.29) is 5.91 Å². The van der Waals surface area contributed by atoms with Crippen molar-refractivity contribution in [2.45, 2.75) is 13.0 Å². The molecule has 7 heteroatoms. The van der Waals surface area contributed by atoms with Crippen LogP contribution in [-0.2, 0) is 17.7 Å². The highest BCUT2D eigenvalue weighted by Crippen LogP contribution is 2.34. The average Bonchev–Trinajstić information content (AvgIpc) is 2.77. The van der Waals surface area contributed by atoms with E-state index in [0.29, 0.717) is 31.9 Å². The second-order valence-corrected chi connectivity index (χ2v) is 6.95. The number of carbonyl (C=O) groups is 1. The van der Waals surface area contributed by atoms with E-state index in [1.165, 1.54) is 11.1 Å². The first-order valence-corrected chi connectivity index (χ1v) is 9.51. The molecule has 28 heavy (non-hydrogen) atoms. The topological polar surface area (TPSA) is 64.1 Å². The van der Waals surface area contributed by atoms with Crippen LogP contribution in [0, 0.1) is 0 Å². The highest BCUT2D eigenvalue weighted by atomic mass is 16.5. The van der Waals surface area contributed by atoms with E-state index < -0.39 is 0 Å². The molecule has 1 saturated heterocycles. The fraction of sp³-hybridized carbons (Fsp3) is 0.429. The van der Waals surface area contributed by atoms with E-state index in [1.807, 2.05) is 17.0 Å². The molecular weight excluding hydrogens is 358 g/mol. The number of nitrogens with zero attached hydrogens (tertiary/aromatic N) is 3. The molecule has 0 radical (unpaired) electrons. The van der Waals surface area contributed by atoms with Crippen LogP contribution in [0.2, 0.25) is 0 Å². The molecule has 0 spiro atoms. The predicted octanol–water partition coefficient (Wildman–Crippen LogP) is 2.13. The molecule has 0 bridgehead atoms. The molecule has 2 aliphatic heterocycles. The second-order valence-electron chi connectivity index (χ2n) is 6.95. The predicted molar refractivity (Wildman–Crippen MR) is 105 cm³/mol. The summed E-state index contributed by atoms with van der Waals surface area (Å²) in [5.41, 5.74) is 3.12. The number of anilines is 1. The van der Waals surface area contributed by atoms with Crippen molar-refractivity contribution in [3.05, 3.63) is 47.2 Å². The minimum absolute atomic E-state index is 0.0377. The van der Waals surface area contributed by atoms with Gasteiger partial charge in [-0.2, -0.15) is 0 Å². The van der Waals surface area contributed by atoms with Gasteiger partial charge >= 0.3 is 0 Å². The number of hydrogen-bond acceptors (Lipinski definition) is 6. The lowest BCUT2D eigenvalue weighted by molar-refractivity contribution is 0.0303. The number of carbonyl (C=O) groups excluding carboxylic acids is 1. The maximum Gasteiger partial charge on any atom is 0.254 e. The lowest BCUT2D eigenvalue weighted by atomic mass is 9.98. The van der Waals surface area contributed by atoms with E-state index >= 15 is 0 Å². The van der Waals surface area contributed by atoms with Crippen LogP contribution in [0.25, 0.3) is 0 Å². The molecule has 0 atom stereocenters. The van der Waals surface area contributed by atoms with Crippen molar-refractivity contribution < 1.29 is 19.0 Å². The van der Waals surface area contributed by atoms with Gasteiger partial charge in [-0.15, -0.1) is 0 Å². The molecule has 148 valence electrons. The third-order valence-electron chi connectivity index (χ3n) is 5.33. The third kappa shape index (κ3) is 3.62. The Hall–Kier alpha value is -2.80. The van der Waals surface area contributed by atoms with Crippen molar-refractivity contribution in [2.75, 3.05) is 52.0 Å². The van der Waals surface area contributed by atoms with Crippen molar-refractivity contribution in [1.29, 1.82) is 0 Å². The third-order valence-corrected chi connectivity index (χ3v) is 5.33. The minimum atomic E-state index is 0.0377. The van der Waals surface area contributed by atoms with Crippen molar-refractivity contribution in [3.8, 4) is 11.5 Å². The van der Waals surface area contributed by atoms with E-state index in [2.05, 4.69) is 16.0 Å². The van der Waals surface area contributed by atoms with Gasteiger partial charge in [0.15, 0.2) is 11.5 Å². The van der Waals surface area contributed by atoms with Crippen LogP contribution in [0.4, 0.5) is 5.82 Å². The highest BCUT2D eigenvalue weighted by molar-refractivity contribution is 5.95. The first-order valence-electron chi connectivity index (χ1n) is 9.51.